The number of benzene rings is 1. The Morgan fingerprint density at radius 1 is 1.45 bits per heavy atom. The average Bonchev–Trinajstić information content (AvgIpc) is 2.96. The maximum Gasteiger partial charge on any atom is 0.123 e. The lowest BCUT2D eigenvalue weighted by molar-refractivity contribution is 0.101. The van der Waals surface area contributed by atoms with Crippen LogP contribution in [-0.4, -0.2) is 25.8 Å². The van der Waals surface area contributed by atoms with E-state index in [1.54, 1.807) is 6.07 Å². The highest BCUT2D eigenvalue weighted by Crippen LogP contribution is 2.25. The summed E-state index contributed by atoms with van der Waals surface area (Å²) < 4.78 is 19.1. The van der Waals surface area contributed by atoms with Crippen molar-refractivity contribution in [3.63, 3.8) is 0 Å². The van der Waals surface area contributed by atoms with Crippen molar-refractivity contribution in [3.05, 3.63) is 35.6 Å². The molecular formula is C17H26FNO. The third-order valence-corrected chi connectivity index (χ3v) is 4.00. The second-order valence-electron chi connectivity index (χ2n) is 5.67. The summed E-state index contributed by atoms with van der Waals surface area (Å²) >= 11 is 0. The molecule has 0 amide bonds. The highest BCUT2D eigenvalue weighted by Gasteiger charge is 2.19. The normalized spacial score (nSPS) is 20.2. The molecule has 0 bridgehead atoms. The molecule has 1 N–H and O–H groups in total. The maximum atomic E-state index is 13.4. The fraction of sp³-hybridized carbons (Fsp3) is 0.647. The number of nitrogens with one attached hydrogen (secondary N) is 1. The highest BCUT2D eigenvalue weighted by atomic mass is 19.1. The quantitative estimate of drug-likeness (QED) is 0.729. The predicted octanol–water partition coefficient (Wildman–Crippen LogP) is 3.87. The second-order valence-corrected chi connectivity index (χ2v) is 5.67. The molecule has 1 aliphatic heterocycles. The van der Waals surface area contributed by atoms with Crippen molar-refractivity contribution in [2.24, 2.45) is 0 Å². The first-order valence-electron chi connectivity index (χ1n) is 7.87. The molecule has 2 nitrogen and oxygen atoms in total. The van der Waals surface area contributed by atoms with E-state index in [1.807, 2.05) is 12.1 Å². The van der Waals surface area contributed by atoms with E-state index >= 15 is 0 Å². The van der Waals surface area contributed by atoms with Gasteiger partial charge in [0.1, 0.15) is 5.82 Å². The molecule has 3 heteroatoms. The van der Waals surface area contributed by atoms with Gasteiger partial charge in [0.2, 0.25) is 0 Å². The van der Waals surface area contributed by atoms with E-state index in [-0.39, 0.29) is 5.82 Å². The van der Waals surface area contributed by atoms with Gasteiger partial charge in [0.15, 0.2) is 0 Å². The summed E-state index contributed by atoms with van der Waals surface area (Å²) in [7, 11) is 0. The van der Waals surface area contributed by atoms with E-state index < -0.39 is 0 Å². The minimum Gasteiger partial charge on any atom is -0.378 e. The van der Waals surface area contributed by atoms with E-state index in [0.717, 1.165) is 44.5 Å². The van der Waals surface area contributed by atoms with Crippen LogP contribution in [0.3, 0.4) is 0 Å². The first-order chi connectivity index (χ1) is 9.79. The Kier molecular flexibility index (Phi) is 6.48. The topological polar surface area (TPSA) is 21.3 Å². The van der Waals surface area contributed by atoms with E-state index in [1.165, 1.54) is 18.9 Å². The first kappa shape index (κ1) is 15.5. The number of hydrogen-bond acceptors (Lipinski definition) is 2. The summed E-state index contributed by atoms with van der Waals surface area (Å²) in [4.78, 5) is 0. The average molecular weight is 279 g/mol. The van der Waals surface area contributed by atoms with E-state index in [0.29, 0.717) is 12.0 Å². The van der Waals surface area contributed by atoms with Gasteiger partial charge in [-0.2, -0.15) is 0 Å². The molecule has 20 heavy (non-hydrogen) atoms. The van der Waals surface area contributed by atoms with Gasteiger partial charge < -0.3 is 10.1 Å². The van der Waals surface area contributed by atoms with Crippen molar-refractivity contribution < 1.29 is 9.13 Å². The minimum absolute atomic E-state index is 0.139. The Balaban J connectivity index is 1.92. The summed E-state index contributed by atoms with van der Waals surface area (Å²) in [5.41, 5.74) is 1.10. The summed E-state index contributed by atoms with van der Waals surface area (Å²) in [6.45, 7) is 5.01. The molecule has 1 aromatic carbocycles. The molecule has 0 radical (unpaired) electrons. The molecule has 2 atom stereocenters. The van der Waals surface area contributed by atoms with Crippen molar-refractivity contribution in [1.82, 2.24) is 5.32 Å². The summed E-state index contributed by atoms with van der Waals surface area (Å²) in [5.74, 6) is 0.238. The molecule has 2 unspecified atom stereocenters. The van der Waals surface area contributed by atoms with Gasteiger partial charge in [0.05, 0.1) is 6.10 Å². The standard InChI is InChI=1S/C17H26FNO/c1-2-10-19-13-15(8-9-17-7-4-11-20-17)14-5-3-6-16(18)12-14/h3,5-6,12,15,17,19H,2,4,7-11,13H2,1H3. The molecule has 1 aromatic rings. The highest BCUT2D eigenvalue weighted by molar-refractivity contribution is 5.21. The number of ether oxygens (including phenoxy) is 1. The fourth-order valence-corrected chi connectivity index (χ4v) is 2.86. The SMILES string of the molecule is CCCNCC(CCC1CCCO1)c1cccc(F)c1. The Bertz CT molecular complexity index is 390. The maximum absolute atomic E-state index is 13.4. The molecular weight excluding hydrogens is 253 g/mol. The zero-order valence-electron chi connectivity index (χ0n) is 12.4. The van der Waals surface area contributed by atoms with Gasteiger partial charge in [-0.3, -0.25) is 0 Å². The summed E-state index contributed by atoms with van der Waals surface area (Å²) in [5, 5.41) is 3.47. The van der Waals surface area contributed by atoms with Crippen LogP contribution in [0.1, 0.15) is 50.5 Å². The Labute approximate surface area is 121 Å². The van der Waals surface area contributed by atoms with Crippen LogP contribution in [-0.2, 0) is 4.74 Å². The van der Waals surface area contributed by atoms with Crippen molar-refractivity contribution >= 4 is 0 Å². The van der Waals surface area contributed by atoms with Gasteiger partial charge >= 0.3 is 0 Å². The fourth-order valence-electron chi connectivity index (χ4n) is 2.86. The lowest BCUT2D eigenvalue weighted by atomic mass is 9.92. The van der Waals surface area contributed by atoms with Crippen LogP contribution < -0.4 is 5.32 Å². The summed E-state index contributed by atoms with van der Waals surface area (Å²) in [6.07, 6.45) is 6.04. The number of halogens is 1. The van der Waals surface area contributed by atoms with Crippen LogP contribution in [0.15, 0.2) is 24.3 Å². The molecule has 1 aliphatic rings. The molecule has 0 saturated carbocycles. The predicted molar refractivity (Wildman–Crippen MR) is 80.5 cm³/mol. The molecule has 1 heterocycles. The molecule has 0 aliphatic carbocycles. The van der Waals surface area contributed by atoms with Crippen LogP contribution in [0.2, 0.25) is 0 Å². The van der Waals surface area contributed by atoms with Gasteiger partial charge in [0, 0.05) is 13.2 Å². The van der Waals surface area contributed by atoms with Gasteiger partial charge in [0.25, 0.3) is 0 Å². The number of rotatable bonds is 8. The van der Waals surface area contributed by atoms with Crippen LogP contribution in [0.5, 0.6) is 0 Å². The largest absolute Gasteiger partial charge is 0.378 e. The monoisotopic (exact) mass is 279 g/mol. The van der Waals surface area contributed by atoms with Crippen LogP contribution >= 0.6 is 0 Å². The molecule has 0 aromatic heterocycles. The van der Waals surface area contributed by atoms with E-state index in [2.05, 4.69) is 12.2 Å². The Morgan fingerprint density at radius 2 is 2.35 bits per heavy atom. The minimum atomic E-state index is -0.139. The van der Waals surface area contributed by atoms with Crippen molar-refractivity contribution in [2.45, 2.75) is 51.0 Å². The molecule has 1 saturated heterocycles. The lowest BCUT2D eigenvalue weighted by Gasteiger charge is -2.20. The van der Waals surface area contributed by atoms with E-state index in [9.17, 15) is 4.39 Å². The van der Waals surface area contributed by atoms with E-state index in [4.69, 9.17) is 4.74 Å². The zero-order valence-corrected chi connectivity index (χ0v) is 12.4. The first-order valence-corrected chi connectivity index (χ1v) is 7.87. The van der Waals surface area contributed by atoms with Gasteiger partial charge in [-0.25, -0.2) is 4.39 Å². The van der Waals surface area contributed by atoms with Crippen LogP contribution in [0, 0.1) is 5.82 Å². The third kappa shape index (κ3) is 4.88. The lowest BCUT2D eigenvalue weighted by Crippen LogP contribution is -2.23. The Hall–Kier alpha value is -0.930. The van der Waals surface area contributed by atoms with Gasteiger partial charge in [-0.1, -0.05) is 19.1 Å². The summed E-state index contributed by atoms with van der Waals surface area (Å²) in [6, 6.07) is 7.04. The number of hydrogen-bond donors (Lipinski definition) is 1. The van der Waals surface area contributed by atoms with Crippen molar-refractivity contribution in [1.29, 1.82) is 0 Å². The molecule has 112 valence electrons. The Morgan fingerprint density at radius 3 is 3.05 bits per heavy atom. The third-order valence-electron chi connectivity index (χ3n) is 4.00. The second kappa shape index (κ2) is 8.38. The van der Waals surface area contributed by atoms with Crippen molar-refractivity contribution in [3.8, 4) is 0 Å². The molecule has 2 rings (SSSR count). The molecule has 0 spiro atoms. The van der Waals surface area contributed by atoms with Gasteiger partial charge in [-0.15, -0.1) is 0 Å². The zero-order chi connectivity index (χ0) is 14.2. The van der Waals surface area contributed by atoms with Gasteiger partial charge in [-0.05, 0) is 62.3 Å². The van der Waals surface area contributed by atoms with Crippen molar-refractivity contribution in [2.75, 3.05) is 19.7 Å². The van der Waals surface area contributed by atoms with Crippen LogP contribution in [0.25, 0.3) is 0 Å². The smallest absolute Gasteiger partial charge is 0.123 e. The van der Waals surface area contributed by atoms with Crippen LogP contribution in [0.4, 0.5) is 4.39 Å². The molecule has 1 fully saturated rings.